The smallest absolute Gasteiger partial charge is 0.269 e. The predicted octanol–water partition coefficient (Wildman–Crippen LogP) is 0.617. The van der Waals surface area contributed by atoms with E-state index in [1.54, 1.807) is 19.1 Å². The Balaban J connectivity index is 1.53. The van der Waals surface area contributed by atoms with Crippen molar-refractivity contribution in [3.63, 3.8) is 0 Å². The van der Waals surface area contributed by atoms with Gasteiger partial charge in [-0.25, -0.2) is 4.98 Å². The van der Waals surface area contributed by atoms with Crippen molar-refractivity contribution < 1.29 is 14.3 Å². The van der Waals surface area contributed by atoms with E-state index in [4.69, 9.17) is 4.74 Å². The van der Waals surface area contributed by atoms with E-state index >= 15 is 0 Å². The number of aryl methyl sites for hydroxylation is 2. The maximum Gasteiger partial charge on any atom is 0.269 e. The maximum atomic E-state index is 12.4. The number of H-pyrrole nitrogens is 1. The van der Waals surface area contributed by atoms with E-state index in [-0.39, 0.29) is 24.3 Å². The summed E-state index contributed by atoms with van der Waals surface area (Å²) in [5.41, 5.74) is 7.04. The van der Waals surface area contributed by atoms with Crippen LogP contribution in [-0.2, 0) is 16.0 Å². The van der Waals surface area contributed by atoms with Crippen molar-refractivity contribution in [3.05, 3.63) is 57.0 Å². The minimum atomic E-state index is -0.399. The zero-order valence-electron chi connectivity index (χ0n) is 16.6. The lowest BCUT2D eigenvalue weighted by atomic mass is 10.1. The molecule has 2 heterocycles. The molecule has 0 bridgehead atoms. The van der Waals surface area contributed by atoms with Gasteiger partial charge in [-0.1, -0.05) is 17.7 Å². The molecule has 1 aliphatic rings. The summed E-state index contributed by atoms with van der Waals surface area (Å²) in [6.45, 7) is 6.22. The summed E-state index contributed by atoms with van der Waals surface area (Å²) in [7, 11) is 0. The summed E-state index contributed by atoms with van der Waals surface area (Å²) in [6.07, 6.45) is 0.278. The molecule has 9 nitrogen and oxygen atoms in total. The van der Waals surface area contributed by atoms with E-state index in [0.29, 0.717) is 49.1 Å². The first kappa shape index (κ1) is 20.5. The van der Waals surface area contributed by atoms with Gasteiger partial charge in [0.2, 0.25) is 11.9 Å². The van der Waals surface area contributed by atoms with Crippen molar-refractivity contribution >= 4 is 17.8 Å². The van der Waals surface area contributed by atoms with Crippen molar-refractivity contribution in [3.8, 4) is 0 Å². The Kier molecular flexibility index (Phi) is 6.61. The Hall–Kier alpha value is -3.20. The summed E-state index contributed by atoms with van der Waals surface area (Å²) in [5, 5.41) is 0. The van der Waals surface area contributed by atoms with Gasteiger partial charge in [0.25, 0.3) is 11.5 Å². The zero-order valence-corrected chi connectivity index (χ0v) is 16.6. The van der Waals surface area contributed by atoms with Crippen molar-refractivity contribution in [2.45, 2.75) is 26.7 Å². The summed E-state index contributed by atoms with van der Waals surface area (Å²) >= 11 is 0. The Bertz CT molecular complexity index is 933. The van der Waals surface area contributed by atoms with Crippen molar-refractivity contribution in [2.75, 3.05) is 31.2 Å². The Morgan fingerprint density at radius 1 is 1.14 bits per heavy atom. The molecule has 0 saturated carbocycles. The number of aromatic nitrogens is 2. The molecule has 3 N–H and O–H groups in total. The molecule has 0 atom stereocenters. The third-order valence-electron chi connectivity index (χ3n) is 4.75. The van der Waals surface area contributed by atoms with Gasteiger partial charge in [-0.15, -0.1) is 0 Å². The third kappa shape index (κ3) is 5.41. The summed E-state index contributed by atoms with van der Waals surface area (Å²) in [5.74, 6) is -0.264. The van der Waals surface area contributed by atoms with Crippen LogP contribution < -0.4 is 21.3 Å². The first-order chi connectivity index (χ1) is 13.9. The molecule has 0 spiro atoms. The highest BCUT2D eigenvalue weighted by molar-refractivity contribution is 5.95. The van der Waals surface area contributed by atoms with Gasteiger partial charge in [0.05, 0.1) is 13.2 Å². The van der Waals surface area contributed by atoms with E-state index < -0.39 is 5.91 Å². The SMILES string of the molecule is Cc1ccc(C(=O)NNC(=O)CCc2c(C)nc(N3CCOCC3)[nH]c2=O)cc1. The van der Waals surface area contributed by atoms with E-state index in [1.165, 1.54) is 0 Å². The molecule has 0 aliphatic carbocycles. The molecule has 9 heteroatoms. The third-order valence-corrected chi connectivity index (χ3v) is 4.75. The number of hydrogen-bond acceptors (Lipinski definition) is 6. The lowest BCUT2D eigenvalue weighted by Crippen LogP contribution is -2.42. The number of rotatable bonds is 5. The number of ether oxygens (including phenoxy) is 1. The molecular weight excluding hydrogens is 374 g/mol. The normalized spacial score (nSPS) is 13.8. The topological polar surface area (TPSA) is 116 Å². The molecular formula is C20H25N5O4. The largest absolute Gasteiger partial charge is 0.378 e. The van der Waals surface area contributed by atoms with Crippen LogP contribution in [0.4, 0.5) is 5.95 Å². The summed E-state index contributed by atoms with van der Waals surface area (Å²) < 4.78 is 5.31. The highest BCUT2D eigenvalue weighted by atomic mass is 16.5. The number of anilines is 1. The monoisotopic (exact) mass is 399 g/mol. The molecule has 1 aromatic carbocycles. The zero-order chi connectivity index (χ0) is 20.8. The fraction of sp³-hybridized carbons (Fsp3) is 0.400. The van der Waals surface area contributed by atoms with Crippen LogP contribution >= 0.6 is 0 Å². The van der Waals surface area contributed by atoms with Gasteiger partial charge in [0.15, 0.2) is 0 Å². The van der Waals surface area contributed by atoms with Crippen LogP contribution in [-0.4, -0.2) is 48.1 Å². The molecule has 1 aromatic heterocycles. The van der Waals surface area contributed by atoms with Gasteiger partial charge in [-0.05, 0) is 32.4 Å². The van der Waals surface area contributed by atoms with Crippen LogP contribution in [0.1, 0.15) is 33.6 Å². The first-order valence-corrected chi connectivity index (χ1v) is 9.52. The summed E-state index contributed by atoms with van der Waals surface area (Å²) in [4.78, 5) is 45.8. The fourth-order valence-corrected chi connectivity index (χ4v) is 3.02. The van der Waals surface area contributed by atoms with Crippen LogP contribution in [0.15, 0.2) is 29.1 Å². The number of carbonyl (C=O) groups is 2. The minimum absolute atomic E-state index is 0.0523. The standard InChI is InChI=1S/C20H25N5O4/c1-13-3-5-15(6-4-13)18(27)24-23-17(26)8-7-16-14(2)21-20(22-19(16)28)25-9-11-29-12-10-25/h3-6H,7-12H2,1-2H3,(H,23,26)(H,24,27)(H,21,22,28). The van der Waals surface area contributed by atoms with Gasteiger partial charge in [0, 0.05) is 36.3 Å². The number of aromatic amines is 1. The predicted molar refractivity (Wildman–Crippen MR) is 108 cm³/mol. The fourth-order valence-electron chi connectivity index (χ4n) is 3.02. The second-order valence-electron chi connectivity index (χ2n) is 6.92. The molecule has 1 saturated heterocycles. The van der Waals surface area contributed by atoms with Crippen LogP contribution in [0.25, 0.3) is 0 Å². The van der Waals surface area contributed by atoms with Gasteiger partial charge in [0.1, 0.15) is 0 Å². The number of carbonyl (C=O) groups excluding carboxylic acids is 2. The number of hydrogen-bond donors (Lipinski definition) is 3. The number of hydrazine groups is 1. The van der Waals surface area contributed by atoms with Crippen LogP contribution in [0.2, 0.25) is 0 Å². The number of nitrogens with one attached hydrogen (secondary N) is 3. The van der Waals surface area contributed by atoms with E-state index in [0.717, 1.165) is 5.56 Å². The van der Waals surface area contributed by atoms with Crippen molar-refractivity contribution in [1.82, 2.24) is 20.8 Å². The van der Waals surface area contributed by atoms with Crippen LogP contribution in [0.5, 0.6) is 0 Å². The van der Waals surface area contributed by atoms with E-state index in [1.807, 2.05) is 24.0 Å². The second kappa shape index (κ2) is 9.33. The molecule has 2 aromatic rings. The lowest BCUT2D eigenvalue weighted by Gasteiger charge is -2.27. The van der Waals surface area contributed by atoms with Crippen molar-refractivity contribution in [1.29, 1.82) is 0 Å². The number of benzene rings is 1. The van der Waals surface area contributed by atoms with Crippen LogP contribution in [0.3, 0.4) is 0 Å². The van der Waals surface area contributed by atoms with E-state index in [2.05, 4.69) is 20.8 Å². The molecule has 1 fully saturated rings. The molecule has 2 amide bonds. The maximum absolute atomic E-state index is 12.4. The highest BCUT2D eigenvalue weighted by Crippen LogP contribution is 2.11. The highest BCUT2D eigenvalue weighted by Gasteiger charge is 2.17. The Labute approximate surface area is 168 Å². The quantitative estimate of drug-likeness (QED) is 0.635. The average Bonchev–Trinajstić information content (AvgIpc) is 2.72. The number of nitrogens with zero attached hydrogens (tertiary/aromatic N) is 2. The molecule has 154 valence electrons. The molecule has 1 aliphatic heterocycles. The molecule has 0 unspecified atom stereocenters. The van der Waals surface area contributed by atoms with Gasteiger partial charge >= 0.3 is 0 Å². The number of morpholine rings is 1. The first-order valence-electron chi connectivity index (χ1n) is 9.52. The van der Waals surface area contributed by atoms with Crippen LogP contribution in [0, 0.1) is 13.8 Å². The van der Waals surface area contributed by atoms with E-state index in [9.17, 15) is 14.4 Å². The summed E-state index contributed by atoms with van der Waals surface area (Å²) in [6, 6.07) is 7.00. The van der Waals surface area contributed by atoms with Gasteiger partial charge in [-0.3, -0.25) is 30.2 Å². The Morgan fingerprint density at radius 3 is 2.48 bits per heavy atom. The lowest BCUT2D eigenvalue weighted by molar-refractivity contribution is -0.121. The molecule has 0 radical (unpaired) electrons. The average molecular weight is 399 g/mol. The van der Waals surface area contributed by atoms with Gasteiger partial charge in [-0.2, -0.15) is 0 Å². The molecule has 3 rings (SSSR count). The minimum Gasteiger partial charge on any atom is -0.378 e. The molecule has 29 heavy (non-hydrogen) atoms. The number of amides is 2. The second-order valence-corrected chi connectivity index (χ2v) is 6.92. The van der Waals surface area contributed by atoms with Gasteiger partial charge < -0.3 is 9.64 Å². The van der Waals surface area contributed by atoms with Crippen molar-refractivity contribution in [2.24, 2.45) is 0 Å². The Morgan fingerprint density at radius 2 is 1.83 bits per heavy atom.